The number of nitrogens with two attached hydrogens (primary N) is 1. The maximum atomic E-state index is 12.7. The molecule has 1 aromatic carbocycles. The molecule has 1 aromatic heterocycles. The molecule has 2 heterocycles. The lowest BCUT2D eigenvalue weighted by Gasteiger charge is -2.33. The second-order valence-electron chi connectivity index (χ2n) is 9.80. The third-order valence-electron chi connectivity index (χ3n) is 4.83. The molecule has 1 amide bonds. The van der Waals surface area contributed by atoms with E-state index in [0.717, 1.165) is 23.9 Å². The summed E-state index contributed by atoms with van der Waals surface area (Å²) in [4.78, 5) is 26.8. The summed E-state index contributed by atoms with van der Waals surface area (Å²) in [6.07, 6.45) is 0.655. The molecule has 30 heavy (non-hydrogen) atoms. The number of piperidine rings is 1. The maximum Gasteiger partial charge on any atom is 0.435 e. The molecule has 0 bridgehead atoms. The third-order valence-corrected chi connectivity index (χ3v) is 4.83. The first kappa shape index (κ1) is 21.9. The van der Waals surface area contributed by atoms with Crippen molar-refractivity contribution >= 4 is 28.8 Å². The Balaban J connectivity index is 1.83. The van der Waals surface area contributed by atoms with Crippen molar-refractivity contribution in [2.45, 2.75) is 71.5 Å². The van der Waals surface area contributed by atoms with Crippen molar-refractivity contribution in [1.29, 1.82) is 0 Å². The Morgan fingerprint density at radius 1 is 1.00 bits per heavy atom. The predicted octanol–water partition coefficient (Wildman–Crippen LogP) is 4.52. The van der Waals surface area contributed by atoms with E-state index in [0.29, 0.717) is 24.3 Å². The summed E-state index contributed by atoms with van der Waals surface area (Å²) in [6, 6.07) is 5.45. The molecule has 0 saturated carbocycles. The number of hydrogen-bond acceptors (Lipinski definition) is 6. The van der Waals surface area contributed by atoms with Crippen LogP contribution in [0.4, 0.5) is 15.3 Å². The highest BCUT2D eigenvalue weighted by Crippen LogP contribution is 2.34. The molecule has 1 fully saturated rings. The number of nitrogen functional groups attached to an aromatic ring is 1. The summed E-state index contributed by atoms with van der Waals surface area (Å²) in [7, 11) is 0. The molecular weight excluding hydrogens is 384 g/mol. The summed E-state index contributed by atoms with van der Waals surface area (Å²) in [5.74, 6) is 0.124. The molecule has 2 aromatic rings. The average molecular weight is 417 g/mol. The quantitative estimate of drug-likeness (QED) is 0.686. The number of hydrogen-bond donors (Lipinski definition) is 1. The van der Waals surface area contributed by atoms with E-state index >= 15 is 0 Å². The van der Waals surface area contributed by atoms with Gasteiger partial charge in [-0.3, -0.25) is 0 Å². The van der Waals surface area contributed by atoms with Crippen LogP contribution in [0.1, 0.15) is 66.0 Å². The zero-order valence-corrected chi connectivity index (χ0v) is 18.7. The minimum absolute atomic E-state index is 0.124. The van der Waals surface area contributed by atoms with Crippen molar-refractivity contribution in [2.24, 2.45) is 0 Å². The van der Waals surface area contributed by atoms with Crippen molar-refractivity contribution in [1.82, 2.24) is 14.7 Å². The first-order valence-corrected chi connectivity index (χ1v) is 10.3. The highest BCUT2D eigenvalue weighted by Gasteiger charge is 2.31. The van der Waals surface area contributed by atoms with E-state index in [-0.39, 0.29) is 12.0 Å². The number of benzene rings is 1. The molecule has 8 heteroatoms. The molecule has 8 nitrogen and oxygen atoms in total. The van der Waals surface area contributed by atoms with Gasteiger partial charge in [0.15, 0.2) is 0 Å². The normalized spacial score (nSPS) is 16.0. The molecular formula is C22H32N4O4. The van der Waals surface area contributed by atoms with Crippen LogP contribution in [0.3, 0.4) is 0 Å². The lowest BCUT2D eigenvalue weighted by molar-refractivity contribution is 0.0204. The molecule has 0 spiro atoms. The average Bonchev–Trinajstić information content (AvgIpc) is 2.97. The predicted molar refractivity (Wildman–Crippen MR) is 116 cm³/mol. The van der Waals surface area contributed by atoms with Crippen molar-refractivity contribution in [3.05, 3.63) is 23.9 Å². The summed E-state index contributed by atoms with van der Waals surface area (Å²) >= 11 is 0. The zero-order chi connectivity index (χ0) is 22.3. The standard InChI is InChI=1S/C22H32N4O4/c1-21(2,3)29-19(27)25-11-9-14(10-12-25)18-16-8-7-15(23)13-17(16)26(24-18)20(28)30-22(4,5)6/h7-8,13-14H,9-12,23H2,1-6H3. The van der Waals surface area contributed by atoms with Crippen LogP contribution in [0, 0.1) is 0 Å². The molecule has 1 aliphatic rings. The van der Waals surface area contributed by atoms with E-state index in [9.17, 15) is 9.59 Å². The van der Waals surface area contributed by atoms with Gasteiger partial charge in [-0.05, 0) is 72.6 Å². The van der Waals surface area contributed by atoms with Crippen LogP contribution in [0.2, 0.25) is 0 Å². The fourth-order valence-corrected chi connectivity index (χ4v) is 3.56. The van der Waals surface area contributed by atoms with Gasteiger partial charge in [-0.15, -0.1) is 0 Å². The van der Waals surface area contributed by atoms with E-state index in [1.54, 1.807) is 11.0 Å². The van der Waals surface area contributed by atoms with Crippen molar-refractivity contribution in [2.75, 3.05) is 18.8 Å². The Morgan fingerprint density at radius 3 is 2.13 bits per heavy atom. The molecule has 0 unspecified atom stereocenters. The van der Waals surface area contributed by atoms with Crippen LogP contribution in [-0.2, 0) is 9.47 Å². The van der Waals surface area contributed by atoms with Gasteiger partial charge < -0.3 is 20.1 Å². The Kier molecular flexibility index (Phi) is 5.71. The molecule has 0 aliphatic carbocycles. The summed E-state index contributed by atoms with van der Waals surface area (Å²) in [5, 5.41) is 5.50. The largest absolute Gasteiger partial charge is 0.444 e. The smallest absolute Gasteiger partial charge is 0.435 e. The molecule has 0 radical (unpaired) electrons. The van der Waals surface area contributed by atoms with E-state index in [1.807, 2.05) is 53.7 Å². The van der Waals surface area contributed by atoms with Crippen LogP contribution < -0.4 is 5.73 Å². The van der Waals surface area contributed by atoms with Crippen molar-refractivity contribution < 1.29 is 19.1 Å². The van der Waals surface area contributed by atoms with Gasteiger partial charge in [0.2, 0.25) is 0 Å². The highest BCUT2D eigenvalue weighted by atomic mass is 16.6. The van der Waals surface area contributed by atoms with Crippen molar-refractivity contribution in [3.63, 3.8) is 0 Å². The number of ether oxygens (including phenoxy) is 2. The number of carbonyl (C=O) groups excluding carboxylic acids is 2. The molecule has 164 valence electrons. The van der Waals surface area contributed by atoms with Crippen LogP contribution in [0.5, 0.6) is 0 Å². The molecule has 2 N–H and O–H groups in total. The van der Waals surface area contributed by atoms with Crippen LogP contribution in [0.25, 0.3) is 10.9 Å². The monoisotopic (exact) mass is 416 g/mol. The fourth-order valence-electron chi connectivity index (χ4n) is 3.56. The number of amides is 1. The van der Waals surface area contributed by atoms with Crippen LogP contribution in [-0.4, -0.2) is 51.2 Å². The van der Waals surface area contributed by atoms with Gasteiger partial charge in [-0.25, -0.2) is 9.59 Å². The minimum atomic E-state index is -0.630. The highest BCUT2D eigenvalue weighted by molar-refractivity contribution is 5.92. The number of likely N-dealkylation sites (tertiary alicyclic amines) is 1. The molecule has 1 saturated heterocycles. The first-order valence-electron chi connectivity index (χ1n) is 10.3. The lowest BCUT2D eigenvalue weighted by Crippen LogP contribution is -2.41. The topological polar surface area (TPSA) is 99.7 Å². The van der Waals surface area contributed by atoms with Gasteiger partial charge >= 0.3 is 12.2 Å². The van der Waals surface area contributed by atoms with E-state index in [2.05, 4.69) is 5.10 Å². The van der Waals surface area contributed by atoms with Gasteiger partial charge in [-0.1, -0.05) is 0 Å². The Morgan fingerprint density at radius 2 is 1.57 bits per heavy atom. The van der Waals surface area contributed by atoms with E-state index < -0.39 is 17.3 Å². The van der Waals surface area contributed by atoms with Crippen LogP contribution in [0.15, 0.2) is 18.2 Å². The Labute approximate surface area is 177 Å². The van der Waals surface area contributed by atoms with Gasteiger partial charge in [0.1, 0.15) is 11.2 Å². The number of anilines is 1. The summed E-state index contributed by atoms with van der Waals surface area (Å²) < 4.78 is 12.3. The van der Waals surface area contributed by atoms with E-state index in [1.165, 1.54) is 4.68 Å². The third kappa shape index (κ3) is 5.04. The number of aromatic nitrogens is 2. The summed E-state index contributed by atoms with van der Waals surface area (Å²) in [5.41, 5.74) is 6.83. The summed E-state index contributed by atoms with van der Waals surface area (Å²) in [6.45, 7) is 12.2. The van der Waals surface area contributed by atoms with Gasteiger partial charge in [0, 0.05) is 30.1 Å². The number of nitrogens with zero attached hydrogens (tertiary/aromatic N) is 3. The Bertz CT molecular complexity index is 944. The van der Waals surface area contributed by atoms with E-state index in [4.69, 9.17) is 15.2 Å². The van der Waals surface area contributed by atoms with Crippen molar-refractivity contribution in [3.8, 4) is 0 Å². The lowest BCUT2D eigenvalue weighted by atomic mass is 9.92. The Hall–Kier alpha value is -2.77. The van der Waals surface area contributed by atoms with Crippen LogP contribution >= 0.6 is 0 Å². The zero-order valence-electron chi connectivity index (χ0n) is 18.7. The number of rotatable bonds is 1. The first-order chi connectivity index (χ1) is 13.8. The molecule has 1 aliphatic heterocycles. The molecule has 3 rings (SSSR count). The number of carbonyl (C=O) groups is 2. The molecule has 0 atom stereocenters. The SMILES string of the molecule is CC(C)(C)OC(=O)N1CCC(c2nn(C(=O)OC(C)(C)C)c3cc(N)ccc23)CC1. The van der Waals surface area contributed by atoms with Gasteiger partial charge in [0.05, 0.1) is 11.2 Å². The minimum Gasteiger partial charge on any atom is -0.444 e. The number of fused-ring (bicyclic) bond motifs is 1. The van der Waals surface area contributed by atoms with Gasteiger partial charge in [-0.2, -0.15) is 9.78 Å². The van der Waals surface area contributed by atoms with Gasteiger partial charge in [0.25, 0.3) is 0 Å². The maximum absolute atomic E-state index is 12.7. The second kappa shape index (κ2) is 7.81. The second-order valence-corrected chi connectivity index (χ2v) is 9.80. The fraction of sp³-hybridized carbons (Fsp3) is 0.591.